The fourth-order valence-corrected chi connectivity index (χ4v) is 3.46. The number of nitrogens with one attached hydrogen (secondary N) is 2. The van der Waals surface area contributed by atoms with Crippen LogP contribution in [0.2, 0.25) is 15.1 Å². The minimum absolute atomic E-state index is 0.191. The van der Waals surface area contributed by atoms with Crippen molar-refractivity contribution in [1.29, 1.82) is 0 Å². The molecule has 2 N–H and O–H groups in total. The highest BCUT2D eigenvalue weighted by atomic mass is 35.5. The van der Waals surface area contributed by atoms with E-state index in [4.69, 9.17) is 39.2 Å². The molecule has 30 heavy (non-hydrogen) atoms. The molecule has 0 spiro atoms. The van der Waals surface area contributed by atoms with Gasteiger partial charge < -0.3 is 9.73 Å². The van der Waals surface area contributed by atoms with Gasteiger partial charge in [-0.1, -0.05) is 46.9 Å². The third-order valence-corrected chi connectivity index (χ3v) is 5.10. The van der Waals surface area contributed by atoms with Gasteiger partial charge in [-0.25, -0.2) is 0 Å². The molecule has 5 nitrogen and oxygen atoms in total. The molecule has 0 aliphatic heterocycles. The van der Waals surface area contributed by atoms with E-state index in [1.807, 2.05) is 12.1 Å². The minimum Gasteiger partial charge on any atom is -0.453 e. The first-order valence-corrected chi connectivity index (χ1v) is 9.96. The summed E-state index contributed by atoms with van der Waals surface area (Å²) in [7, 11) is 0. The van der Waals surface area contributed by atoms with Crippen molar-refractivity contribution in [2.75, 3.05) is 5.32 Å². The number of hydrogen-bond acceptors (Lipinski definition) is 4. The van der Waals surface area contributed by atoms with Crippen molar-refractivity contribution in [1.82, 2.24) is 10.2 Å². The average Bonchev–Trinajstić information content (AvgIpc) is 3.38. The lowest BCUT2D eigenvalue weighted by Gasteiger charge is -2.03. The number of rotatable bonds is 6. The molecule has 0 aliphatic carbocycles. The molecule has 0 fully saturated rings. The van der Waals surface area contributed by atoms with Crippen molar-refractivity contribution in [2.24, 2.45) is 0 Å². The van der Waals surface area contributed by atoms with Crippen LogP contribution in [0.3, 0.4) is 0 Å². The van der Waals surface area contributed by atoms with E-state index >= 15 is 0 Å². The van der Waals surface area contributed by atoms with Gasteiger partial charge >= 0.3 is 0 Å². The lowest BCUT2D eigenvalue weighted by Crippen LogP contribution is -1.95. The van der Waals surface area contributed by atoms with Crippen molar-refractivity contribution in [3.63, 3.8) is 0 Å². The monoisotopic (exact) mass is 457 g/mol. The first kappa shape index (κ1) is 20.3. The molecule has 0 radical (unpaired) electrons. The molecule has 150 valence electrons. The van der Waals surface area contributed by atoms with Crippen LogP contribution in [0.25, 0.3) is 22.5 Å². The fraction of sp³-hybridized carbons (Fsp3) is 0. The maximum absolute atomic E-state index is 12.4. The van der Waals surface area contributed by atoms with Crippen molar-refractivity contribution >= 4 is 46.4 Å². The standard InChI is InChI=1S/C22H14Cl3N3O2/c23-14-3-1-13(2-4-14)17-12-27-28-22(17)26-10-9-19(29)21-8-7-20(30-21)16-6-5-15(24)11-18(16)25/h1-12H,(H2,26,27,28). The maximum atomic E-state index is 12.4. The number of ketones is 1. The molecule has 2 aromatic carbocycles. The zero-order chi connectivity index (χ0) is 21.1. The number of benzene rings is 2. The Bertz CT molecular complexity index is 1230. The van der Waals surface area contributed by atoms with E-state index in [2.05, 4.69) is 15.5 Å². The van der Waals surface area contributed by atoms with E-state index in [1.54, 1.807) is 48.7 Å². The zero-order valence-electron chi connectivity index (χ0n) is 15.3. The number of aromatic nitrogens is 2. The number of halogens is 3. The number of carbonyl (C=O) groups is 1. The molecule has 0 aliphatic rings. The van der Waals surface area contributed by atoms with E-state index < -0.39 is 0 Å². The van der Waals surface area contributed by atoms with Gasteiger partial charge in [-0.3, -0.25) is 9.89 Å². The van der Waals surface area contributed by atoms with E-state index in [1.165, 1.54) is 12.3 Å². The highest BCUT2D eigenvalue weighted by molar-refractivity contribution is 6.36. The average molecular weight is 459 g/mol. The number of nitrogens with zero attached hydrogens (tertiary/aromatic N) is 1. The van der Waals surface area contributed by atoms with Crippen LogP contribution in [0.4, 0.5) is 5.82 Å². The van der Waals surface area contributed by atoms with Crippen molar-refractivity contribution in [3.8, 4) is 22.5 Å². The Morgan fingerprint density at radius 1 is 0.967 bits per heavy atom. The number of carbonyl (C=O) groups excluding carboxylic acids is 1. The summed E-state index contributed by atoms with van der Waals surface area (Å²) < 4.78 is 5.66. The number of hydrogen-bond donors (Lipinski definition) is 2. The molecule has 4 rings (SSSR count). The van der Waals surface area contributed by atoms with Crippen molar-refractivity contribution in [3.05, 3.63) is 93.9 Å². The normalized spacial score (nSPS) is 11.2. The quantitative estimate of drug-likeness (QED) is 0.239. The van der Waals surface area contributed by atoms with Gasteiger partial charge in [0.2, 0.25) is 5.78 Å². The molecule has 0 bridgehead atoms. The number of allylic oxidation sites excluding steroid dienone is 1. The van der Waals surface area contributed by atoms with Gasteiger partial charge in [0, 0.05) is 33.4 Å². The summed E-state index contributed by atoms with van der Waals surface area (Å²) in [6, 6.07) is 15.7. The third-order valence-electron chi connectivity index (χ3n) is 4.30. The first-order valence-electron chi connectivity index (χ1n) is 8.83. The van der Waals surface area contributed by atoms with Gasteiger partial charge in [-0.05, 0) is 48.0 Å². The summed E-state index contributed by atoms with van der Waals surface area (Å²) in [6.45, 7) is 0. The van der Waals surface area contributed by atoms with Crippen LogP contribution in [-0.4, -0.2) is 16.0 Å². The second-order valence-electron chi connectivity index (χ2n) is 6.30. The van der Waals surface area contributed by atoms with Crippen LogP contribution in [0.15, 0.2) is 77.5 Å². The highest BCUT2D eigenvalue weighted by Gasteiger charge is 2.13. The maximum Gasteiger partial charge on any atom is 0.222 e. The SMILES string of the molecule is O=C(C=CNc1[nH]ncc1-c1ccc(Cl)cc1)c1ccc(-c2ccc(Cl)cc2Cl)o1. The Labute approximate surface area is 187 Å². The van der Waals surface area contributed by atoms with Crippen LogP contribution in [0.5, 0.6) is 0 Å². The Hall–Kier alpha value is -2.99. The molecule has 0 saturated carbocycles. The molecule has 0 amide bonds. The number of aromatic amines is 1. The summed E-state index contributed by atoms with van der Waals surface area (Å²) in [5, 5.41) is 11.6. The molecule has 4 aromatic rings. The first-order chi connectivity index (χ1) is 14.5. The van der Waals surface area contributed by atoms with E-state index in [0.717, 1.165) is 11.1 Å². The van der Waals surface area contributed by atoms with Gasteiger partial charge in [-0.2, -0.15) is 5.10 Å². The molecule has 2 heterocycles. The van der Waals surface area contributed by atoms with Crippen LogP contribution in [0, 0.1) is 0 Å². The van der Waals surface area contributed by atoms with Gasteiger partial charge in [0.15, 0.2) is 5.76 Å². The molecule has 2 aromatic heterocycles. The van der Waals surface area contributed by atoms with Gasteiger partial charge in [-0.15, -0.1) is 0 Å². The van der Waals surface area contributed by atoms with Crippen LogP contribution >= 0.6 is 34.8 Å². The molecular formula is C22H14Cl3N3O2. The molecular weight excluding hydrogens is 445 g/mol. The topological polar surface area (TPSA) is 70.9 Å². The summed E-state index contributed by atoms with van der Waals surface area (Å²) in [6.07, 6.45) is 4.58. The summed E-state index contributed by atoms with van der Waals surface area (Å²) >= 11 is 18.1. The van der Waals surface area contributed by atoms with Crippen molar-refractivity contribution < 1.29 is 9.21 Å². The second kappa shape index (κ2) is 8.79. The van der Waals surface area contributed by atoms with E-state index in [0.29, 0.717) is 32.2 Å². The highest BCUT2D eigenvalue weighted by Crippen LogP contribution is 2.32. The summed E-state index contributed by atoms with van der Waals surface area (Å²) in [5.74, 6) is 1.03. The number of anilines is 1. The van der Waals surface area contributed by atoms with Gasteiger partial charge in [0.1, 0.15) is 11.6 Å². The zero-order valence-corrected chi connectivity index (χ0v) is 17.6. The number of H-pyrrole nitrogens is 1. The van der Waals surface area contributed by atoms with Crippen LogP contribution in [0.1, 0.15) is 10.6 Å². The molecule has 0 unspecified atom stereocenters. The molecule has 0 atom stereocenters. The van der Waals surface area contributed by atoms with Gasteiger partial charge in [0.05, 0.1) is 11.2 Å². The fourth-order valence-electron chi connectivity index (χ4n) is 2.83. The number of furan rings is 1. The molecule has 8 heteroatoms. The van der Waals surface area contributed by atoms with Crippen LogP contribution in [-0.2, 0) is 0 Å². The third kappa shape index (κ3) is 4.44. The summed E-state index contributed by atoms with van der Waals surface area (Å²) in [4.78, 5) is 12.4. The van der Waals surface area contributed by atoms with Gasteiger partial charge in [0.25, 0.3) is 0 Å². The Morgan fingerprint density at radius 2 is 1.73 bits per heavy atom. The van der Waals surface area contributed by atoms with Crippen molar-refractivity contribution in [2.45, 2.75) is 0 Å². The smallest absolute Gasteiger partial charge is 0.222 e. The Morgan fingerprint density at radius 3 is 2.50 bits per heavy atom. The van der Waals surface area contributed by atoms with E-state index in [-0.39, 0.29) is 11.5 Å². The predicted molar refractivity (Wildman–Crippen MR) is 120 cm³/mol. The lowest BCUT2D eigenvalue weighted by molar-refractivity contribution is 0.102. The molecule has 0 saturated heterocycles. The second-order valence-corrected chi connectivity index (χ2v) is 7.58. The Kier molecular flexibility index (Phi) is 5.95. The van der Waals surface area contributed by atoms with E-state index in [9.17, 15) is 4.79 Å². The minimum atomic E-state index is -0.300. The van der Waals surface area contributed by atoms with Crippen LogP contribution < -0.4 is 5.32 Å². The summed E-state index contributed by atoms with van der Waals surface area (Å²) in [5.41, 5.74) is 2.44. The lowest BCUT2D eigenvalue weighted by atomic mass is 10.1. The predicted octanol–water partition coefficient (Wildman–Crippen LogP) is 7.11. The Balaban J connectivity index is 1.46. The largest absolute Gasteiger partial charge is 0.453 e.